The molecule has 2 amide bonds. The van der Waals surface area contributed by atoms with Crippen LogP contribution in [0.15, 0.2) is 24.3 Å². The van der Waals surface area contributed by atoms with Crippen LogP contribution < -0.4 is 5.32 Å². The minimum absolute atomic E-state index is 0.0462. The number of rotatable bonds is 6. The topological polar surface area (TPSA) is 55.9 Å². The molecule has 0 bridgehead atoms. The van der Waals surface area contributed by atoms with E-state index in [1.54, 1.807) is 11.8 Å². The number of amides is 2. The Labute approximate surface area is 179 Å². The van der Waals surface area contributed by atoms with Crippen LogP contribution in [0.5, 0.6) is 0 Å². The van der Waals surface area contributed by atoms with Crippen LogP contribution >= 0.6 is 0 Å². The molecule has 6 nitrogen and oxygen atoms in total. The fraction of sp³-hybridized carbons (Fsp3) is 0.652. The van der Waals surface area contributed by atoms with Crippen LogP contribution in [0.4, 0.5) is 4.39 Å². The molecule has 2 aliphatic heterocycles. The number of carbonyl (C=O) groups is 2. The van der Waals surface area contributed by atoms with Crippen molar-refractivity contribution in [3.63, 3.8) is 0 Å². The summed E-state index contributed by atoms with van der Waals surface area (Å²) in [7, 11) is 0. The molecule has 0 aromatic heterocycles. The molecular formula is C23H35FN4O2. The predicted molar refractivity (Wildman–Crippen MR) is 115 cm³/mol. The lowest BCUT2D eigenvalue weighted by Crippen LogP contribution is -2.48. The number of carbonyl (C=O) groups excluding carboxylic acids is 2. The number of nitrogens with zero attached hydrogens (tertiary/aromatic N) is 3. The summed E-state index contributed by atoms with van der Waals surface area (Å²) in [5.74, 6) is 0.232. The lowest BCUT2D eigenvalue weighted by atomic mass is 10.1. The smallest absolute Gasteiger partial charge is 0.245 e. The number of benzene rings is 1. The van der Waals surface area contributed by atoms with Crippen molar-refractivity contribution >= 4 is 11.8 Å². The number of hydrogen-bond donors (Lipinski definition) is 1. The second kappa shape index (κ2) is 10.4. The van der Waals surface area contributed by atoms with Gasteiger partial charge in [-0.2, -0.15) is 0 Å². The Balaban J connectivity index is 1.76. The molecule has 7 heteroatoms. The van der Waals surface area contributed by atoms with Gasteiger partial charge in [-0.15, -0.1) is 0 Å². The van der Waals surface area contributed by atoms with Gasteiger partial charge in [-0.25, -0.2) is 4.39 Å². The molecule has 2 unspecified atom stereocenters. The van der Waals surface area contributed by atoms with E-state index in [4.69, 9.17) is 0 Å². The standard InChI is InChI=1S/C23H35FN4O2/c1-17(2)14-27(15-19-5-7-20(24)8-6-19)21-13-22(28(16-21)18(3)29)23(30)26-11-4-9-25-10-12-26/h5-8,17,21-22,25H,4,9-16H2,1-3H3. The molecule has 2 fully saturated rings. The van der Waals surface area contributed by atoms with Crippen molar-refractivity contribution in [3.05, 3.63) is 35.6 Å². The average molecular weight is 419 g/mol. The van der Waals surface area contributed by atoms with Gasteiger partial charge in [0.2, 0.25) is 11.8 Å². The molecule has 1 aromatic rings. The summed E-state index contributed by atoms with van der Waals surface area (Å²) in [5.41, 5.74) is 1.04. The number of hydrogen-bond acceptors (Lipinski definition) is 4. The van der Waals surface area contributed by atoms with Gasteiger partial charge in [-0.1, -0.05) is 26.0 Å². The van der Waals surface area contributed by atoms with Crippen molar-refractivity contribution in [3.8, 4) is 0 Å². The number of halogens is 1. The SMILES string of the molecule is CC(=O)N1CC(N(Cc2ccc(F)cc2)CC(C)C)CC1C(=O)N1CCCNCC1. The Kier molecular flexibility index (Phi) is 7.83. The highest BCUT2D eigenvalue weighted by molar-refractivity contribution is 5.87. The maximum Gasteiger partial charge on any atom is 0.245 e. The van der Waals surface area contributed by atoms with Gasteiger partial charge >= 0.3 is 0 Å². The normalized spacial score (nSPS) is 22.6. The largest absolute Gasteiger partial charge is 0.340 e. The van der Waals surface area contributed by atoms with Crippen LogP contribution in [0.3, 0.4) is 0 Å². The van der Waals surface area contributed by atoms with Crippen molar-refractivity contribution < 1.29 is 14.0 Å². The lowest BCUT2D eigenvalue weighted by Gasteiger charge is -2.30. The van der Waals surface area contributed by atoms with E-state index >= 15 is 0 Å². The summed E-state index contributed by atoms with van der Waals surface area (Å²) in [5, 5.41) is 3.33. The van der Waals surface area contributed by atoms with E-state index in [9.17, 15) is 14.0 Å². The zero-order valence-corrected chi connectivity index (χ0v) is 18.4. The maximum absolute atomic E-state index is 13.3. The van der Waals surface area contributed by atoms with Crippen LogP contribution in [0.2, 0.25) is 0 Å². The molecule has 30 heavy (non-hydrogen) atoms. The molecule has 2 heterocycles. The van der Waals surface area contributed by atoms with Crippen LogP contribution in [0.1, 0.15) is 39.2 Å². The summed E-state index contributed by atoms with van der Waals surface area (Å²) in [4.78, 5) is 31.7. The first-order valence-corrected chi connectivity index (χ1v) is 11.1. The van der Waals surface area contributed by atoms with Gasteiger partial charge in [0.1, 0.15) is 11.9 Å². The third-order valence-corrected chi connectivity index (χ3v) is 6.04. The zero-order chi connectivity index (χ0) is 21.7. The first-order chi connectivity index (χ1) is 14.3. The molecule has 3 rings (SSSR count). The van der Waals surface area contributed by atoms with Crippen molar-refractivity contribution in [2.24, 2.45) is 5.92 Å². The summed E-state index contributed by atoms with van der Waals surface area (Å²) in [6.45, 7) is 11.2. The molecular weight excluding hydrogens is 383 g/mol. The molecule has 2 aliphatic rings. The van der Waals surface area contributed by atoms with Crippen LogP contribution in [0, 0.1) is 11.7 Å². The highest BCUT2D eigenvalue weighted by Gasteiger charge is 2.42. The van der Waals surface area contributed by atoms with Gasteiger partial charge in [0, 0.05) is 52.2 Å². The fourth-order valence-electron chi connectivity index (χ4n) is 4.57. The van der Waals surface area contributed by atoms with E-state index in [0.29, 0.717) is 32.0 Å². The first kappa shape index (κ1) is 22.7. The second-order valence-corrected chi connectivity index (χ2v) is 8.96. The fourth-order valence-corrected chi connectivity index (χ4v) is 4.57. The quantitative estimate of drug-likeness (QED) is 0.769. The van der Waals surface area contributed by atoms with Gasteiger partial charge in [-0.3, -0.25) is 14.5 Å². The van der Waals surface area contributed by atoms with Crippen LogP contribution in [0.25, 0.3) is 0 Å². The third-order valence-electron chi connectivity index (χ3n) is 6.04. The molecule has 166 valence electrons. The molecule has 0 radical (unpaired) electrons. The van der Waals surface area contributed by atoms with Gasteiger partial charge in [0.15, 0.2) is 0 Å². The summed E-state index contributed by atoms with van der Waals surface area (Å²) in [6.07, 6.45) is 1.59. The van der Waals surface area contributed by atoms with Crippen molar-refractivity contribution in [1.82, 2.24) is 20.0 Å². The van der Waals surface area contributed by atoms with Gasteiger partial charge in [-0.05, 0) is 43.0 Å². The van der Waals surface area contributed by atoms with Gasteiger partial charge < -0.3 is 15.1 Å². The minimum Gasteiger partial charge on any atom is -0.340 e. The second-order valence-electron chi connectivity index (χ2n) is 8.96. The highest BCUT2D eigenvalue weighted by atomic mass is 19.1. The van der Waals surface area contributed by atoms with E-state index in [2.05, 4.69) is 24.1 Å². The van der Waals surface area contributed by atoms with E-state index < -0.39 is 6.04 Å². The zero-order valence-electron chi connectivity index (χ0n) is 18.4. The van der Waals surface area contributed by atoms with E-state index in [1.807, 2.05) is 17.0 Å². The maximum atomic E-state index is 13.3. The summed E-state index contributed by atoms with van der Waals surface area (Å²) < 4.78 is 13.3. The van der Waals surface area contributed by atoms with Crippen LogP contribution in [-0.2, 0) is 16.1 Å². The Bertz CT molecular complexity index is 716. The summed E-state index contributed by atoms with van der Waals surface area (Å²) >= 11 is 0. The Morgan fingerprint density at radius 2 is 1.93 bits per heavy atom. The lowest BCUT2D eigenvalue weighted by molar-refractivity contribution is -0.142. The third kappa shape index (κ3) is 5.79. The van der Waals surface area contributed by atoms with Crippen molar-refractivity contribution in [2.45, 2.75) is 52.2 Å². The van der Waals surface area contributed by atoms with Gasteiger partial charge in [0.05, 0.1) is 0 Å². The van der Waals surface area contributed by atoms with E-state index in [1.165, 1.54) is 12.1 Å². The van der Waals surface area contributed by atoms with Crippen molar-refractivity contribution in [1.29, 1.82) is 0 Å². The van der Waals surface area contributed by atoms with Crippen molar-refractivity contribution in [2.75, 3.05) is 39.3 Å². The average Bonchev–Trinajstić information content (AvgIpc) is 2.97. The predicted octanol–water partition coefficient (Wildman–Crippen LogP) is 2.09. The number of nitrogens with one attached hydrogen (secondary N) is 1. The first-order valence-electron chi connectivity index (χ1n) is 11.1. The molecule has 1 aromatic carbocycles. The molecule has 0 saturated carbocycles. The molecule has 0 aliphatic carbocycles. The molecule has 1 N–H and O–H groups in total. The monoisotopic (exact) mass is 418 g/mol. The Morgan fingerprint density at radius 3 is 2.60 bits per heavy atom. The number of likely N-dealkylation sites (tertiary alicyclic amines) is 1. The highest BCUT2D eigenvalue weighted by Crippen LogP contribution is 2.26. The summed E-state index contributed by atoms with van der Waals surface area (Å²) in [6, 6.07) is 6.31. The molecule has 0 spiro atoms. The Hall–Kier alpha value is -1.99. The van der Waals surface area contributed by atoms with E-state index in [0.717, 1.165) is 38.2 Å². The van der Waals surface area contributed by atoms with Gasteiger partial charge in [0.25, 0.3) is 0 Å². The Morgan fingerprint density at radius 1 is 1.20 bits per heavy atom. The van der Waals surface area contributed by atoms with E-state index in [-0.39, 0.29) is 23.7 Å². The molecule has 2 saturated heterocycles. The minimum atomic E-state index is -0.395. The van der Waals surface area contributed by atoms with Crippen LogP contribution in [-0.4, -0.2) is 77.9 Å². The molecule has 2 atom stereocenters.